The van der Waals surface area contributed by atoms with Gasteiger partial charge in [0, 0.05) is 6.04 Å². The largest absolute Gasteiger partial charge is 0.324 e. The van der Waals surface area contributed by atoms with Crippen LogP contribution in [0.5, 0.6) is 0 Å². The lowest BCUT2D eigenvalue weighted by molar-refractivity contribution is 0.480. The van der Waals surface area contributed by atoms with Gasteiger partial charge in [-0.05, 0) is 47.3 Å². The molecule has 0 bridgehead atoms. The van der Waals surface area contributed by atoms with Crippen molar-refractivity contribution < 1.29 is 0 Å². The van der Waals surface area contributed by atoms with Crippen LogP contribution in [0.25, 0.3) is 11.1 Å². The predicted octanol–water partition coefficient (Wildman–Crippen LogP) is 4.79. The summed E-state index contributed by atoms with van der Waals surface area (Å²) >= 11 is 0. The summed E-state index contributed by atoms with van der Waals surface area (Å²) in [6, 6.07) is 19.7. The van der Waals surface area contributed by atoms with E-state index in [-0.39, 0.29) is 6.04 Å². The Hall–Kier alpha value is -1.60. The van der Waals surface area contributed by atoms with Crippen molar-refractivity contribution in [3.63, 3.8) is 0 Å². The molecule has 0 heterocycles. The van der Waals surface area contributed by atoms with Gasteiger partial charge in [0.2, 0.25) is 0 Å². The zero-order valence-electron chi connectivity index (χ0n) is 12.4. The van der Waals surface area contributed by atoms with Crippen molar-refractivity contribution in [1.29, 1.82) is 0 Å². The van der Waals surface area contributed by atoms with Crippen molar-refractivity contribution in [3.05, 3.63) is 60.2 Å². The van der Waals surface area contributed by atoms with Crippen LogP contribution < -0.4 is 5.73 Å². The van der Waals surface area contributed by atoms with Gasteiger partial charge in [-0.1, -0.05) is 67.4 Å². The highest BCUT2D eigenvalue weighted by atomic mass is 14.7. The van der Waals surface area contributed by atoms with Gasteiger partial charge in [-0.15, -0.1) is 0 Å². The molecule has 0 aromatic heterocycles. The monoisotopic (exact) mass is 277 g/mol. The second kappa shape index (κ2) is 5.31. The van der Waals surface area contributed by atoms with Crippen LogP contribution in [0.3, 0.4) is 0 Å². The van der Waals surface area contributed by atoms with Crippen molar-refractivity contribution in [1.82, 2.24) is 0 Å². The number of rotatable bonds is 3. The molecule has 2 aliphatic rings. The first-order valence-corrected chi connectivity index (χ1v) is 8.25. The van der Waals surface area contributed by atoms with Gasteiger partial charge in [0.15, 0.2) is 0 Å². The summed E-state index contributed by atoms with van der Waals surface area (Å²) in [5.41, 5.74) is 10.4. The molecule has 2 aromatic carbocycles. The molecule has 3 unspecified atom stereocenters. The van der Waals surface area contributed by atoms with Crippen molar-refractivity contribution in [2.45, 2.75) is 31.7 Å². The number of fused-ring (bicyclic) bond motifs is 1. The number of hydrogen-bond donors (Lipinski definition) is 1. The molecule has 0 spiro atoms. The van der Waals surface area contributed by atoms with E-state index in [1.165, 1.54) is 42.4 Å². The molecule has 1 nitrogen and oxygen atoms in total. The van der Waals surface area contributed by atoms with Gasteiger partial charge in [-0.25, -0.2) is 0 Å². The minimum absolute atomic E-state index is 0.239. The van der Waals surface area contributed by atoms with Crippen LogP contribution in [0.15, 0.2) is 54.6 Å². The van der Waals surface area contributed by atoms with Gasteiger partial charge in [0.1, 0.15) is 0 Å². The summed E-state index contributed by atoms with van der Waals surface area (Å²) in [5, 5.41) is 0. The van der Waals surface area contributed by atoms with Gasteiger partial charge in [0.25, 0.3) is 0 Å². The van der Waals surface area contributed by atoms with Crippen LogP contribution in [0.4, 0.5) is 0 Å². The van der Waals surface area contributed by atoms with Crippen molar-refractivity contribution >= 4 is 0 Å². The van der Waals surface area contributed by atoms with E-state index in [9.17, 15) is 0 Å². The zero-order valence-corrected chi connectivity index (χ0v) is 12.4. The van der Waals surface area contributed by atoms with Gasteiger partial charge in [-0.2, -0.15) is 0 Å². The minimum Gasteiger partial charge on any atom is -0.324 e. The van der Waals surface area contributed by atoms with Crippen LogP contribution in [0.2, 0.25) is 0 Å². The molecule has 0 radical (unpaired) electrons. The van der Waals surface area contributed by atoms with E-state index in [4.69, 9.17) is 5.73 Å². The SMILES string of the molecule is NC(c1ccc(-c2ccccc2)cc1)C1C2CCCCC21. The number of hydrogen-bond acceptors (Lipinski definition) is 1. The second-order valence-electron chi connectivity index (χ2n) is 6.70. The molecule has 0 aliphatic heterocycles. The van der Waals surface area contributed by atoms with Crippen molar-refractivity contribution in [2.24, 2.45) is 23.5 Å². The molecule has 21 heavy (non-hydrogen) atoms. The molecule has 108 valence electrons. The summed E-state index contributed by atoms with van der Waals surface area (Å²) in [6.45, 7) is 0. The summed E-state index contributed by atoms with van der Waals surface area (Å²) < 4.78 is 0. The summed E-state index contributed by atoms with van der Waals surface area (Å²) in [5.74, 6) is 2.58. The molecule has 3 atom stereocenters. The Morgan fingerprint density at radius 3 is 1.95 bits per heavy atom. The first-order chi connectivity index (χ1) is 10.3. The van der Waals surface area contributed by atoms with E-state index in [1.807, 2.05) is 0 Å². The van der Waals surface area contributed by atoms with Gasteiger partial charge in [0.05, 0.1) is 0 Å². The maximum atomic E-state index is 6.55. The van der Waals surface area contributed by atoms with Crippen molar-refractivity contribution in [2.75, 3.05) is 0 Å². The molecule has 2 saturated carbocycles. The lowest BCUT2D eigenvalue weighted by Gasteiger charge is -2.13. The fourth-order valence-corrected chi connectivity index (χ4v) is 4.33. The van der Waals surface area contributed by atoms with E-state index < -0.39 is 0 Å². The standard InChI is InChI=1S/C20H23N/c21-20(19-17-8-4-5-9-18(17)19)16-12-10-15(11-13-16)14-6-2-1-3-7-14/h1-3,6-7,10-13,17-20H,4-5,8-9,21H2. The molecule has 2 fully saturated rings. The Balaban J connectivity index is 1.51. The third kappa shape index (κ3) is 2.40. The Labute approximate surface area is 127 Å². The van der Waals surface area contributed by atoms with Crippen molar-refractivity contribution in [3.8, 4) is 11.1 Å². The highest BCUT2D eigenvalue weighted by Gasteiger charge is 2.53. The van der Waals surface area contributed by atoms with E-state index in [0.29, 0.717) is 0 Å². The van der Waals surface area contributed by atoms with Crippen LogP contribution in [-0.4, -0.2) is 0 Å². The highest BCUT2D eigenvalue weighted by molar-refractivity contribution is 5.63. The predicted molar refractivity (Wildman–Crippen MR) is 87.7 cm³/mol. The molecule has 1 heteroatoms. The molecule has 2 aliphatic carbocycles. The fourth-order valence-electron chi connectivity index (χ4n) is 4.33. The van der Waals surface area contributed by atoms with E-state index >= 15 is 0 Å². The second-order valence-corrected chi connectivity index (χ2v) is 6.70. The molecule has 4 rings (SSSR count). The lowest BCUT2D eigenvalue weighted by Crippen LogP contribution is -2.14. The first kappa shape index (κ1) is 13.1. The smallest absolute Gasteiger partial charge is 0.0329 e. The Morgan fingerprint density at radius 2 is 1.33 bits per heavy atom. The molecule has 2 aromatic rings. The quantitative estimate of drug-likeness (QED) is 0.857. The molecular formula is C20H23N. The third-order valence-corrected chi connectivity index (χ3v) is 5.54. The van der Waals surface area contributed by atoms with Crippen LogP contribution in [0, 0.1) is 17.8 Å². The Kier molecular flexibility index (Phi) is 3.31. The summed E-state index contributed by atoms with van der Waals surface area (Å²) in [4.78, 5) is 0. The Morgan fingerprint density at radius 1 is 0.762 bits per heavy atom. The third-order valence-electron chi connectivity index (χ3n) is 5.54. The first-order valence-electron chi connectivity index (χ1n) is 8.25. The van der Waals surface area contributed by atoms with Gasteiger partial charge >= 0.3 is 0 Å². The number of nitrogens with two attached hydrogens (primary N) is 1. The normalized spacial score (nSPS) is 28.7. The topological polar surface area (TPSA) is 26.0 Å². The maximum Gasteiger partial charge on any atom is 0.0329 e. The van der Waals surface area contributed by atoms with Crippen LogP contribution >= 0.6 is 0 Å². The minimum atomic E-state index is 0.239. The summed E-state index contributed by atoms with van der Waals surface area (Å²) in [6.07, 6.45) is 5.64. The van der Waals surface area contributed by atoms with E-state index in [1.54, 1.807) is 0 Å². The Bertz CT molecular complexity index is 589. The molecular weight excluding hydrogens is 254 g/mol. The van der Waals surface area contributed by atoms with Gasteiger partial charge < -0.3 is 5.73 Å². The average Bonchev–Trinajstić information content (AvgIpc) is 3.29. The molecule has 2 N–H and O–H groups in total. The fraction of sp³-hybridized carbons (Fsp3) is 0.400. The van der Waals surface area contributed by atoms with Gasteiger partial charge in [-0.3, -0.25) is 0 Å². The lowest BCUT2D eigenvalue weighted by atomic mass is 9.97. The number of benzene rings is 2. The van der Waals surface area contributed by atoms with Crippen LogP contribution in [-0.2, 0) is 0 Å². The summed E-state index contributed by atoms with van der Waals surface area (Å²) in [7, 11) is 0. The van der Waals surface area contributed by atoms with E-state index in [0.717, 1.165) is 17.8 Å². The van der Waals surface area contributed by atoms with E-state index in [2.05, 4.69) is 54.6 Å². The highest BCUT2D eigenvalue weighted by Crippen LogP contribution is 2.59. The molecule has 0 amide bonds. The van der Waals surface area contributed by atoms with Crippen LogP contribution in [0.1, 0.15) is 37.3 Å². The average molecular weight is 277 g/mol. The molecule has 0 saturated heterocycles. The zero-order chi connectivity index (χ0) is 14.2. The maximum absolute atomic E-state index is 6.55.